The van der Waals surface area contributed by atoms with Crippen molar-refractivity contribution in [1.82, 2.24) is 25.4 Å². The molecule has 62 valence electrons. The van der Waals surface area contributed by atoms with Gasteiger partial charge in [-0.3, -0.25) is 0 Å². The quantitative estimate of drug-likeness (QED) is 0.494. The summed E-state index contributed by atoms with van der Waals surface area (Å²) in [5, 5.41) is 10.9. The van der Waals surface area contributed by atoms with Gasteiger partial charge in [-0.05, 0) is 5.21 Å². The highest BCUT2D eigenvalue weighted by molar-refractivity contribution is 5.96. The summed E-state index contributed by atoms with van der Waals surface area (Å²) < 4.78 is 5.31. The lowest BCUT2D eigenvalue weighted by Gasteiger charge is -1.81. The van der Waals surface area contributed by atoms with E-state index in [0.29, 0.717) is 22.3 Å². The van der Waals surface area contributed by atoms with Gasteiger partial charge in [-0.15, -0.1) is 10.2 Å². The second-order valence-electron chi connectivity index (χ2n) is 2.46. The molecule has 0 aliphatic rings. The summed E-state index contributed by atoms with van der Waals surface area (Å²) in [5.74, 6) is 0. The van der Waals surface area contributed by atoms with Crippen molar-refractivity contribution in [3.05, 3.63) is 18.6 Å². The number of rotatable bonds is 0. The second-order valence-corrected chi connectivity index (χ2v) is 2.46. The van der Waals surface area contributed by atoms with Gasteiger partial charge in [0.1, 0.15) is 0 Å². The van der Waals surface area contributed by atoms with E-state index in [9.17, 15) is 0 Å². The zero-order chi connectivity index (χ0) is 8.67. The molecule has 0 saturated carbocycles. The number of nitrogens with zero attached hydrogens (tertiary/aromatic N) is 5. The minimum Gasteiger partial charge on any atom is -0.433 e. The summed E-state index contributed by atoms with van der Waals surface area (Å²) in [5.41, 5.74) is 2.22. The molecule has 0 spiro atoms. The van der Waals surface area contributed by atoms with Crippen LogP contribution in [0.25, 0.3) is 22.3 Å². The SMILES string of the molecule is c1cnc2c(n1)oc1cnnnc12. The largest absolute Gasteiger partial charge is 0.433 e. The maximum Gasteiger partial charge on any atom is 0.248 e. The first-order valence-corrected chi connectivity index (χ1v) is 3.63. The van der Waals surface area contributed by atoms with Crippen molar-refractivity contribution < 1.29 is 4.42 Å². The lowest BCUT2D eigenvalue weighted by molar-refractivity contribution is 0.646. The Morgan fingerprint density at radius 1 is 1.08 bits per heavy atom. The average molecular weight is 173 g/mol. The Hall–Kier alpha value is -2.11. The molecule has 0 fully saturated rings. The molecule has 0 bridgehead atoms. The summed E-state index contributed by atoms with van der Waals surface area (Å²) in [6.07, 6.45) is 4.64. The maximum atomic E-state index is 5.31. The van der Waals surface area contributed by atoms with Gasteiger partial charge in [-0.2, -0.15) is 0 Å². The van der Waals surface area contributed by atoms with E-state index in [0.717, 1.165) is 0 Å². The van der Waals surface area contributed by atoms with Gasteiger partial charge in [-0.25, -0.2) is 9.97 Å². The smallest absolute Gasteiger partial charge is 0.248 e. The van der Waals surface area contributed by atoms with Gasteiger partial charge in [0.15, 0.2) is 16.6 Å². The highest BCUT2D eigenvalue weighted by atomic mass is 16.3. The first kappa shape index (κ1) is 6.41. The average Bonchev–Trinajstić information content (AvgIpc) is 2.56. The van der Waals surface area contributed by atoms with Crippen LogP contribution >= 0.6 is 0 Å². The maximum absolute atomic E-state index is 5.31. The monoisotopic (exact) mass is 173 g/mol. The van der Waals surface area contributed by atoms with Crippen molar-refractivity contribution in [2.75, 3.05) is 0 Å². The van der Waals surface area contributed by atoms with E-state index in [1.165, 1.54) is 6.20 Å². The Kier molecular flexibility index (Phi) is 1.08. The van der Waals surface area contributed by atoms with E-state index in [1.54, 1.807) is 12.4 Å². The van der Waals surface area contributed by atoms with E-state index in [-0.39, 0.29) is 0 Å². The van der Waals surface area contributed by atoms with Gasteiger partial charge in [-0.1, -0.05) is 0 Å². The lowest BCUT2D eigenvalue weighted by atomic mass is 10.4. The predicted octanol–water partition coefficient (Wildman–Crippen LogP) is 0.561. The van der Waals surface area contributed by atoms with E-state index >= 15 is 0 Å². The molecule has 3 aromatic heterocycles. The van der Waals surface area contributed by atoms with Crippen LogP contribution in [-0.4, -0.2) is 25.4 Å². The minimum absolute atomic E-state index is 0.458. The molecule has 3 heterocycles. The van der Waals surface area contributed by atoms with E-state index < -0.39 is 0 Å². The Balaban J connectivity index is 2.64. The highest BCUT2D eigenvalue weighted by Gasteiger charge is 2.09. The number of fused-ring (bicyclic) bond motifs is 3. The van der Waals surface area contributed by atoms with Crippen LogP contribution in [0.15, 0.2) is 23.0 Å². The molecular weight excluding hydrogens is 170 g/mol. The third-order valence-corrected chi connectivity index (χ3v) is 1.70. The fraction of sp³-hybridized carbons (Fsp3) is 0. The zero-order valence-corrected chi connectivity index (χ0v) is 6.38. The van der Waals surface area contributed by atoms with Crippen molar-refractivity contribution >= 4 is 22.3 Å². The first-order chi connectivity index (χ1) is 6.45. The molecule has 3 aromatic rings. The molecule has 0 atom stereocenters. The van der Waals surface area contributed by atoms with Crippen molar-refractivity contribution in [3.8, 4) is 0 Å². The molecule has 0 N–H and O–H groups in total. The molecule has 0 unspecified atom stereocenters. The van der Waals surface area contributed by atoms with E-state index in [2.05, 4.69) is 25.4 Å². The molecule has 0 aliphatic heterocycles. The summed E-state index contributed by atoms with van der Waals surface area (Å²) in [6.45, 7) is 0. The summed E-state index contributed by atoms with van der Waals surface area (Å²) in [4.78, 5) is 8.08. The molecule has 0 radical (unpaired) electrons. The normalized spacial score (nSPS) is 11.1. The van der Waals surface area contributed by atoms with Crippen LogP contribution in [0, 0.1) is 0 Å². The van der Waals surface area contributed by atoms with Crippen LogP contribution in [0.1, 0.15) is 0 Å². The van der Waals surface area contributed by atoms with Gasteiger partial charge in [0, 0.05) is 12.4 Å². The topological polar surface area (TPSA) is 77.6 Å². The van der Waals surface area contributed by atoms with Crippen molar-refractivity contribution in [1.29, 1.82) is 0 Å². The Morgan fingerprint density at radius 2 is 2.00 bits per heavy atom. The molecule has 6 nitrogen and oxygen atoms in total. The molecule has 0 aromatic carbocycles. The third-order valence-electron chi connectivity index (χ3n) is 1.70. The van der Waals surface area contributed by atoms with Crippen LogP contribution in [-0.2, 0) is 0 Å². The Labute approximate surface area is 71.6 Å². The van der Waals surface area contributed by atoms with E-state index in [1.807, 2.05) is 0 Å². The predicted molar refractivity (Wildman–Crippen MR) is 42.7 cm³/mol. The second kappa shape index (κ2) is 2.19. The Bertz CT molecular complexity index is 525. The molecule has 3 rings (SSSR count). The van der Waals surface area contributed by atoms with Gasteiger partial charge in [0.05, 0.1) is 6.20 Å². The number of hydrogen-bond donors (Lipinski definition) is 0. The van der Waals surface area contributed by atoms with Gasteiger partial charge in [0.25, 0.3) is 0 Å². The third kappa shape index (κ3) is 0.792. The van der Waals surface area contributed by atoms with Crippen molar-refractivity contribution in [2.45, 2.75) is 0 Å². The van der Waals surface area contributed by atoms with Crippen LogP contribution in [0.5, 0.6) is 0 Å². The first-order valence-electron chi connectivity index (χ1n) is 3.63. The fourth-order valence-corrected chi connectivity index (χ4v) is 1.16. The van der Waals surface area contributed by atoms with Crippen molar-refractivity contribution in [2.24, 2.45) is 0 Å². The standard InChI is InChI=1S/C7H3N5O/c1-2-9-7-6(8-1)5-4(13-7)3-10-12-11-5/h1-3H. The van der Waals surface area contributed by atoms with Gasteiger partial charge in [0.2, 0.25) is 5.71 Å². The van der Waals surface area contributed by atoms with Gasteiger partial charge < -0.3 is 4.42 Å². The minimum atomic E-state index is 0.458. The summed E-state index contributed by atoms with van der Waals surface area (Å²) >= 11 is 0. The number of hydrogen-bond acceptors (Lipinski definition) is 6. The molecule has 13 heavy (non-hydrogen) atoms. The summed E-state index contributed by atoms with van der Waals surface area (Å²) in [6, 6.07) is 0. The molecule has 6 heteroatoms. The number of aromatic nitrogens is 5. The number of furan rings is 1. The van der Waals surface area contributed by atoms with Crippen LogP contribution in [0.3, 0.4) is 0 Å². The van der Waals surface area contributed by atoms with Crippen molar-refractivity contribution in [3.63, 3.8) is 0 Å². The zero-order valence-electron chi connectivity index (χ0n) is 6.38. The summed E-state index contributed by atoms with van der Waals surface area (Å²) in [7, 11) is 0. The van der Waals surface area contributed by atoms with Crippen LogP contribution < -0.4 is 0 Å². The fourth-order valence-electron chi connectivity index (χ4n) is 1.16. The molecular formula is C7H3N5O. The van der Waals surface area contributed by atoms with E-state index in [4.69, 9.17) is 4.42 Å². The highest BCUT2D eigenvalue weighted by Crippen LogP contribution is 2.20. The Morgan fingerprint density at radius 3 is 3.00 bits per heavy atom. The molecule has 0 aliphatic carbocycles. The molecule has 0 saturated heterocycles. The van der Waals surface area contributed by atoms with Crippen LogP contribution in [0.2, 0.25) is 0 Å². The van der Waals surface area contributed by atoms with Crippen LogP contribution in [0.4, 0.5) is 0 Å². The lowest BCUT2D eigenvalue weighted by Crippen LogP contribution is -1.84. The van der Waals surface area contributed by atoms with Gasteiger partial charge >= 0.3 is 0 Å². The molecule has 0 amide bonds.